The van der Waals surface area contributed by atoms with Crippen molar-refractivity contribution < 1.29 is 4.79 Å². The van der Waals surface area contributed by atoms with Gasteiger partial charge in [-0.05, 0) is 18.3 Å². The summed E-state index contributed by atoms with van der Waals surface area (Å²) in [5.74, 6) is 1.82. The Labute approximate surface area is 69.2 Å². The van der Waals surface area contributed by atoms with E-state index in [2.05, 4.69) is 27.7 Å². The summed E-state index contributed by atoms with van der Waals surface area (Å²) < 4.78 is 0. The summed E-state index contributed by atoms with van der Waals surface area (Å²) in [6, 6.07) is 0. The second kappa shape index (κ2) is 2.62. The summed E-state index contributed by atoms with van der Waals surface area (Å²) in [7, 11) is 0. The molecule has 1 saturated carbocycles. The first kappa shape index (κ1) is 8.76. The van der Waals surface area contributed by atoms with Crippen LogP contribution in [0.1, 0.15) is 40.5 Å². The molecule has 1 fully saturated rings. The summed E-state index contributed by atoms with van der Waals surface area (Å²) in [4.78, 5) is 11.1. The second-order valence-corrected chi connectivity index (χ2v) is 4.68. The van der Waals surface area contributed by atoms with Crippen molar-refractivity contribution in [1.29, 1.82) is 0 Å². The van der Waals surface area contributed by atoms with Crippen molar-refractivity contribution in [3.63, 3.8) is 0 Å². The minimum Gasteiger partial charge on any atom is -0.299 e. The molecule has 0 aromatic rings. The topological polar surface area (TPSA) is 17.1 Å². The molecule has 1 heteroatoms. The molecule has 64 valence electrons. The van der Waals surface area contributed by atoms with Crippen LogP contribution in [0.25, 0.3) is 0 Å². The first-order valence-corrected chi connectivity index (χ1v) is 4.48. The number of hydrogen-bond donors (Lipinski definition) is 0. The largest absolute Gasteiger partial charge is 0.299 e. The Morgan fingerprint density at radius 2 is 2.09 bits per heavy atom. The van der Waals surface area contributed by atoms with Gasteiger partial charge >= 0.3 is 0 Å². The second-order valence-electron chi connectivity index (χ2n) is 4.68. The summed E-state index contributed by atoms with van der Waals surface area (Å²) in [5.41, 5.74) is -0.00965. The third kappa shape index (κ3) is 1.47. The van der Waals surface area contributed by atoms with Gasteiger partial charge in [0.15, 0.2) is 0 Å². The molecule has 1 nitrogen and oxygen atoms in total. The number of rotatable bonds is 2. The number of Topliss-reactive ketones (excluding diaryl/α,β-unsaturated/α-hetero) is 1. The lowest BCUT2D eigenvalue weighted by molar-refractivity contribution is -0.143. The predicted octanol–water partition coefficient (Wildman–Crippen LogP) is 2.65. The van der Waals surface area contributed by atoms with Gasteiger partial charge in [-0.2, -0.15) is 0 Å². The van der Waals surface area contributed by atoms with Gasteiger partial charge in [0.1, 0.15) is 5.78 Å². The average Bonchev–Trinajstić information content (AvgIpc) is 1.87. The highest BCUT2D eigenvalue weighted by atomic mass is 16.1. The quantitative estimate of drug-likeness (QED) is 0.597. The standard InChI is InChI=1S/C10H18O/c1-7(2)5-8-6-9(11)10(8,3)4/h7-8H,5-6H2,1-4H3. The van der Waals surface area contributed by atoms with Crippen molar-refractivity contribution in [3.05, 3.63) is 0 Å². The fraction of sp³-hybridized carbons (Fsp3) is 0.900. The fourth-order valence-corrected chi connectivity index (χ4v) is 1.79. The molecule has 0 aliphatic heterocycles. The molecule has 0 heterocycles. The Hall–Kier alpha value is -0.330. The Balaban J connectivity index is 2.46. The van der Waals surface area contributed by atoms with Crippen molar-refractivity contribution >= 4 is 5.78 Å². The molecule has 0 radical (unpaired) electrons. The molecule has 0 spiro atoms. The van der Waals surface area contributed by atoms with Gasteiger partial charge < -0.3 is 0 Å². The van der Waals surface area contributed by atoms with Crippen LogP contribution >= 0.6 is 0 Å². The highest BCUT2D eigenvalue weighted by Gasteiger charge is 2.46. The van der Waals surface area contributed by atoms with Crippen molar-refractivity contribution in [2.75, 3.05) is 0 Å². The molecule has 0 amide bonds. The van der Waals surface area contributed by atoms with Gasteiger partial charge in [0.25, 0.3) is 0 Å². The van der Waals surface area contributed by atoms with Crippen LogP contribution in [0.3, 0.4) is 0 Å². The van der Waals surface area contributed by atoms with E-state index in [0.29, 0.717) is 11.7 Å². The van der Waals surface area contributed by atoms with E-state index in [4.69, 9.17) is 0 Å². The Morgan fingerprint density at radius 1 is 1.55 bits per heavy atom. The zero-order valence-corrected chi connectivity index (χ0v) is 7.98. The van der Waals surface area contributed by atoms with Gasteiger partial charge in [-0.1, -0.05) is 27.7 Å². The molecule has 1 aliphatic rings. The molecule has 1 unspecified atom stereocenters. The highest BCUT2D eigenvalue weighted by molar-refractivity contribution is 5.90. The first-order chi connectivity index (χ1) is 4.94. The molecular weight excluding hydrogens is 136 g/mol. The third-order valence-corrected chi connectivity index (χ3v) is 2.93. The number of carbonyl (C=O) groups excluding carboxylic acids is 1. The molecule has 0 aromatic carbocycles. The van der Waals surface area contributed by atoms with Crippen molar-refractivity contribution in [3.8, 4) is 0 Å². The van der Waals surface area contributed by atoms with Crippen LogP contribution in [0.2, 0.25) is 0 Å². The zero-order valence-electron chi connectivity index (χ0n) is 7.98. The highest BCUT2D eigenvalue weighted by Crippen LogP contribution is 2.45. The molecule has 0 N–H and O–H groups in total. The molecule has 0 saturated heterocycles. The maximum Gasteiger partial charge on any atom is 0.139 e. The maximum atomic E-state index is 11.1. The van der Waals surface area contributed by atoms with Crippen LogP contribution < -0.4 is 0 Å². The van der Waals surface area contributed by atoms with Crippen LogP contribution in [-0.4, -0.2) is 5.78 Å². The summed E-state index contributed by atoms with van der Waals surface area (Å²) in [6.07, 6.45) is 2.03. The van der Waals surface area contributed by atoms with E-state index in [-0.39, 0.29) is 5.41 Å². The van der Waals surface area contributed by atoms with E-state index in [9.17, 15) is 4.79 Å². The normalized spacial score (nSPS) is 28.8. The van der Waals surface area contributed by atoms with Gasteiger partial charge in [-0.25, -0.2) is 0 Å². The van der Waals surface area contributed by atoms with E-state index < -0.39 is 0 Å². The van der Waals surface area contributed by atoms with Crippen LogP contribution in [-0.2, 0) is 4.79 Å². The third-order valence-electron chi connectivity index (χ3n) is 2.93. The lowest BCUT2D eigenvalue weighted by Gasteiger charge is -2.43. The van der Waals surface area contributed by atoms with Gasteiger partial charge in [0.2, 0.25) is 0 Å². The van der Waals surface area contributed by atoms with E-state index >= 15 is 0 Å². The molecule has 0 bridgehead atoms. The smallest absolute Gasteiger partial charge is 0.139 e. The van der Waals surface area contributed by atoms with E-state index in [1.54, 1.807) is 0 Å². The monoisotopic (exact) mass is 154 g/mol. The molecule has 0 aromatic heterocycles. The SMILES string of the molecule is CC(C)CC1CC(=O)C1(C)C. The first-order valence-electron chi connectivity index (χ1n) is 4.48. The van der Waals surface area contributed by atoms with E-state index in [1.807, 2.05) is 0 Å². The fourth-order valence-electron chi connectivity index (χ4n) is 1.79. The van der Waals surface area contributed by atoms with Gasteiger partial charge in [-0.15, -0.1) is 0 Å². The molecule has 1 rings (SSSR count). The maximum absolute atomic E-state index is 11.1. The van der Waals surface area contributed by atoms with Crippen molar-refractivity contribution in [1.82, 2.24) is 0 Å². The van der Waals surface area contributed by atoms with Gasteiger partial charge in [0, 0.05) is 11.8 Å². The van der Waals surface area contributed by atoms with Crippen LogP contribution in [0, 0.1) is 17.3 Å². The number of ketones is 1. The van der Waals surface area contributed by atoms with E-state index in [1.165, 1.54) is 6.42 Å². The molecular formula is C10H18O. The lowest BCUT2D eigenvalue weighted by atomic mass is 9.59. The Morgan fingerprint density at radius 3 is 2.36 bits per heavy atom. The summed E-state index contributed by atoms with van der Waals surface area (Å²) in [5, 5.41) is 0. The molecule has 1 atom stereocenters. The zero-order chi connectivity index (χ0) is 8.65. The summed E-state index contributed by atoms with van der Waals surface area (Å²) in [6.45, 7) is 8.59. The van der Waals surface area contributed by atoms with Crippen molar-refractivity contribution in [2.45, 2.75) is 40.5 Å². The van der Waals surface area contributed by atoms with Gasteiger partial charge in [0.05, 0.1) is 0 Å². The minimum absolute atomic E-state index is 0.00965. The average molecular weight is 154 g/mol. The van der Waals surface area contributed by atoms with Crippen LogP contribution in [0.5, 0.6) is 0 Å². The van der Waals surface area contributed by atoms with Crippen molar-refractivity contribution in [2.24, 2.45) is 17.3 Å². The molecule has 11 heavy (non-hydrogen) atoms. The number of carbonyl (C=O) groups is 1. The Bertz CT molecular complexity index is 168. The minimum atomic E-state index is -0.00965. The number of hydrogen-bond acceptors (Lipinski definition) is 1. The van der Waals surface area contributed by atoms with Gasteiger partial charge in [-0.3, -0.25) is 4.79 Å². The van der Waals surface area contributed by atoms with Crippen LogP contribution in [0.15, 0.2) is 0 Å². The van der Waals surface area contributed by atoms with E-state index in [0.717, 1.165) is 12.3 Å². The van der Waals surface area contributed by atoms with Crippen LogP contribution in [0.4, 0.5) is 0 Å². The molecule has 1 aliphatic carbocycles. The summed E-state index contributed by atoms with van der Waals surface area (Å²) >= 11 is 0. The Kier molecular flexibility index (Phi) is 2.08. The lowest BCUT2D eigenvalue weighted by Crippen LogP contribution is -2.45. The predicted molar refractivity (Wildman–Crippen MR) is 46.4 cm³/mol.